The Morgan fingerprint density at radius 2 is 1.62 bits per heavy atom. The second-order valence-electron chi connectivity index (χ2n) is 8.07. The summed E-state index contributed by atoms with van der Waals surface area (Å²) in [5, 5.41) is 8.24. The molecule has 26 heavy (non-hydrogen) atoms. The molecule has 0 aliphatic heterocycles. The molecule has 3 fully saturated rings. The van der Waals surface area contributed by atoms with Crippen molar-refractivity contribution >= 4 is 5.82 Å². The van der Waals surface area contributed by atoms with Gasteiger partial charge in [-0.3, -0.25) is 4.79 Å². The van der Waals surface area contributed by atoms with Gasteiger partial charge >= 0.3 is 0 Å². The molecule has 0 aromatic carbocycles. The summed E-state index contributed by atoms with van der Waals surface area (Å²) in [5.41, 5.74) is 2.30. The Balaban J connectivity index is 1.23. The van der Waals surface area contributed by atoms with Gasteiger partial charge in [0.2, 0.25) is 0 Å². The van der Waals surface area contributed by atoms with Gasteiger partial charge in [-0.2, -0.15) is 5.10 Å². The van der Waals surface area contributed by atoms with Crippen molar-refractivity contribution < 1.29 is 0 Å². The van der Waals surface area contributed by atoms with E-state index in [0.717, 1.165) is 37.2 Å². The fourth-order valence-corrected chi connectivity index (χ4v) is 4.03. The fourth-order valence-electron chi connectivity index (χ4n) is 4.03. The van der Waals surface area contributed by atoms with Crippen LogP contribution in [0.1, 0.15) is 80.6 Å². The number of nitrogens with zero attached hydrogens (tertiary/aromatic N) is 4. The van der Waals surface area contributed by atoms with Gasteiger partial charge in [0.25, 0.3) is 5.56 Å². The normalized spacial score (nSPS) is 25.8. The zero-order valence-electron chi connectivity index (χ0n) is 15.0. The molecule has 3 aliphatic carbocycles. The first-order valence-electron chi connectivity index (χ1n) is 9.94. The number of hydrogen-bond acceptors (Lipinski definition) is 5. The van der Waals surface area contributed by atoms with E-state index in [1.807, 2.05) is 6.07 Å². The molecule has 0 bridgehead atoms. The molecule has 0 saturated heterocycles. The van der Waals surface area contributed by atoms with Crippen LogP contribution >= 0.6 is 0 Å². The predicted molar refractivity (Wildman–Crippen MR) is 99.4 cm³/mol. The van der Waals surface area contributed by atoms with Crippen molar-refractivity contribution in [2.45, 2.75) is 75.3 Å². The Morgan fingerprint density at radius 3 is 2.35 bits per heavy atom. The molecule has 0 amide bonds. The van der Waals surface area contributed by atoms with Crippen LogP contribution in [0.4, 0.5) is 5.82 Å². The number of rotatable bonds is 5. The minimum absolute atomic E-state index is 0.0377. The van der Waals surface area contributed by atoms with Crippen LogP contribution in [-0.2, 0) is 0 Å². The molecular weight excluding hydrogens is 326 g/mol. The van der Waals surface area contributed by atoms with Gasteiger partial charge in [-0.1, -0.05) is 0 Å². The number of anilines is 1. The van der Waals surface area contributed by atoms with Crippen LogP contribution in [0.25, 0.3) is 0 Å². The highest BCUT2D eigenvalue weighted by molar-refractivity contribution is 5.38. The maximum atomic E-state index is 12.3. The highest BCUT2D eigenvalue weighted by Gasteiger charge is 2.29. The molecule has 0 unspecified atom stereocenters. The summed E-state index contributed by atoms with van der Waals surface area (Å²) in [6, 6.07) is 6.36. The van der Waals surface area contributed by atoms with Crippen LogP contribution in [0.3, 0.4) is 0 Å². The largest absolute Gasteiger partial charge is 0.367 e. The standard InChI is InChI=1S/C20H25N5O/c26-20-10-9-17(13-1-2-13)24-25(20)16-7-5-15(6-8-16)23-19-11-18(14-3-4-14)21-12-22-19/h9-16H,1-8H2,(H,21,22,23). The van der Waals surface area contributed by atoms with E-state index in [2.05, 4.69) is 26.4 Å². The first-order chi connectivity index (χ1) is 12.8. The Bertz CT molecular complexity index is 847. The molecule has 3 aliphatic rings. The maximum Gasteiger partial charge on any atom is 0.267 e. The molecule has 2 heterocycles. The van der Waals surface area contributed by atoms with Gasteiger partial charge in [0, 0.05) is 35.7 Å². The zero-order chi connectivity index (χ0) is 17.5. The van der Waals surface area contributed by atoms with Gasteiger partial charge in [0.1, 0.15) is 12.1 Å². The molecule has 0 atom stereocenters. The summed E-state index contributed by atoms with van der Waals surface area (Å²) in [4.78, 5) is 21.0. The summed E-state index contributed by atoms with van der Waals surface area (Å²) in [6.07, 6.45) is 10.6. The van der Waals surface area contributed by atoms with Crippen LogP contribution in [-0.4, -0.2) is 25.8 Å². The van der Waals surface area contributed by atoms with E-state index in [-0.39, 0.29) is 11.6 Å². The second kappa shape index (κ2) is 6.49. The van der Waals surface area contributed by atoms with Crippen LogP contribution in [0.15, 0.2) is 29.3 Å². The maximum absolute atomic E-state index is 12.3. The second-order valence-corrected chi connectivity index (χ2v) is 8.07. The molecule has 1 N–H and O–H groups in total. The first-order valence-corrected chi connectivity index (χ1v) is 9.94. The van der Waals surface area contributed by atoms with Crippen LogP contribution < -0.4 is 10.9 Å². The van der Waals surface area contributed by atoms with E-state index < -0.39 is 0 Å². The average Bonchev–Trinajstić information content (AvgIpc) is 3.56. The van der Waals surface area contributed by atoms with Crippen molar-refractivity contribution in [1.82, 2.24) is 19.7 Å². The summed E-state index contributed by atoms with van der Waals surface area (Å²) < 4.78 is 1.75. The Hall–Kier alpha value is -2.24. The van der Waals surface area contributed by atoms with Crippen molar-refractivity contribution in [1.29, 1.82) is 0 Å². The minimum atomic E-state index is 0.0377. The summed E-state index contributed by atoms with van der Waals surface area (Å²) >= 11 is 0. The molecule has 0 spiro atoms. The molecule has 0 radical (unpaired) electrons. The van der Waals surface area contributed by atoms with E-state index in [1.54, 1.807) is 17.1 Å². The van der Waals surface area contributed by atoms with Gasteiger partial charge < -0.3 is 5.32 Å². The lowest BCUT2D eigenvalue weighted by atomic mass is 9.91. The lowest BCUT2D eigenvalue weighted by Gasteiger charge is -2.30. The van der Waals surface area contributed by atoms with Crippen molar-refractivity contribution in [2.75, 3.05) is 5.32 Å². The molecular formula is C20H25N5O. The quantitative estimate of drug-likeness (QED) is 0.894. The highest BCUT2D eigenvalue weighted by Crippen LogP contribution is 2.40. The van der Waals surface area contributed by atoms with Gasteiger partial charge in [0.15, 0.2) is 0 Å². The number of hydrogen-bond donors (Lipinski definition) is 1. The third kappa shape index (κ3) is 3.37. The van der Waals surface area contributed by atoms with Gasteiger partial charge in [0.05, 0.1) is 11.7 Å². The summed E-state index contributed by atoms with van der Waals surface area (Å²) in [7, 11) is 0. The van der Waals surface area contributed by atoms with Crippen LogP contribution in [0, 0.1) is 0 Å². The lowest BCUT2D eigenvalue weighted by Crippen LogP contribution is -2.33. The number of aromatic nitrogens is 4. The zero-order valence-corrected chi connectivity index (χ0v) is 15.0. The topological polar surface area (TPSA) is 72.7 Å². The number of nitrogens with one attached hydrogen (secondary N) is 1. The third-order valence-corrected chi connectivity index (χ3v) is 5.92. The van der Waals surface area contributed by atoms with Gasteiger partial charge in [-0.05, 0) is 57.4 Å². The molecule has 5 rings (SSSR count). The Morgan fingerprint density at radius 1 is 0.885 bits per heavy atom. The van der Waals surface area contributed by atoms with Crippen LogP contribution in [0.2, 0.25) is 0 Å². The monoisotopic (exact) mass is 351 g/mol. The third-order valence-electron chi connectivity index (χ3n) is 5.92. The van der Waals surface area contributed by atoms with Crippen molar-refractivity contribution in [3.05, 3.63) is 46.3 Å². The fraction of sp³-hybridized carbons (Fsp3) is 0.600. The molecule has 136 valence electrons. The molecule has 6 nitrogen and oxygen atoms in total. The highest BCUT2D eigenvalue weighted by atomic mass is 16.1. The van der Waals surface area contributed by atoms with E-state index in [9.17, 15) is 4.79 Å². The lowest BCUT2D eigenvalue weighted by molar-refractivity contribution is 0.301. The smallest absolute Gasteiger partial charge is 0.267 e. The average molecular weight is 351 g/mol. The molecule has 2 aromatic rings. The minimum Gasteiger partial charge on any atom is -0.367 e. The molecule has 6 heteroatoms. The van der Waals surface area contributed by atoms with E-state index in [4.69, 9.17) is 0 Å². The van der Waals surface area contributed by atoms with Crippen molar-refractivity contribution in [3.63, 3.8) is 0 Å². The van der Waals surface area contributed by atoms with Crippen molar-refractivity contribution in [3.8, 4) is 0 Å². The molecule has 2 aromatic heterocycles. The van der Waals surface area contributed by atoms with E-state index >= 15 is 0 Å². The first kappa shape index (κ1) is 16.0. The summed E-state index contributed by atoms with van der Waals surface area (Å²) in [5.74, 6) is 2.17. The molecule has 3 saturated carbocycles. The van der Waals surface area contributed by atoms with Gasteiger partial charge in [-0.25, -0.2) is 14.6 Å². The van der Waals surface area contributed by atoms with E-state index in [0.29, 0.717) is 17.9 Å². The van der Waals surface area contributed by atoms with E-state index in [1.165, 1.54) is 31.4 Å². The Labute approximate surface area is 153 Å². The Kier molecular flexibility index (Phi) is 3.98. The predicted octanol–water partition coefficient (Wildman–Crippen LogP) is 3.38. The summed E-state index contributed by atoms with van der Waals surface area (Å²) in [6.45, 7) is 0. The SMILES string of the molecule is O=c1ccc(C2CC2)nn1C1CCC(Nc2cc(C3CC3)ncn2)CC1. The van der Waals surface area contributed by atoms with Crippen molar-refractivity contribution in [2.24, 2.45) is 0 Å². The van der Waals surface area contributed by atoms with Gasteiger partial charge in [-0.15, -0.1) is 0 Å². The van der Waals surface area contributed by atoms with Crippen LogP contribution in [0.5, 0.6) is 0 Å².